The molecule has 0 radical (unpaired) electrons. The summed E-state index contributed by atoms with van der Waals surface area (Å²) in [4.78, 5) is 2.19. The first-order chi connectivity index (χ1) is 5.88. The van der Waals surface area contributed by atoms with E-state index in [4.69, 9.17) is 0 Å². The van der Waals surface area contributed by atoms with Gasteiger partial charge in [-0.1, -0.05) is 19.9 Å². The fraction of sp³-hybridized carbons (Fsp3) is 0.400. The van der Waals surface area contributed by atoms with Crippen LogP contribution in [0.1, 0.15) is 20.8 Å². The van der Waals surface area contributed by atoms with Gasteiger partial charge in [0.25, 0.3) is 0 Å². The molecule has 0 atom stereocenters. The van der Waals surface area contributed by atoms with Crippen molar-refractivity contribution >= 4 is 0 Å². The van der Waals surface area contributed by atoms with E-state index in [1.54, 1.807) is 0 Å². The van der Waals surface area contributed by atoms with E-state index in [1.165, 1.54) is 11.4 Å². The third-order valence-electron chi connectivity index (χ3n) is 1.84. The normalized spacial score (nSPS) is 18.4. The van der Waals surface area contributed by atoms with Crippen LogP contribution in [0.25, 0.3) is 0 Å². The van der Waals surface area contributed by atoms with Gasteiger partial charge in [0.2, 0.25) is 0 Å². The Balaban J connectivity index is 0.000000336. The van der Waals surface area contributed by atoms with Crippen LogP contribution < -0.4 is 5.32 Å². The first kappa shape index (κ1) is 8.91. The van der Waals surface area contributed by atoms with E-state index in [0.29, 0.717) is 0 Å². The van der Waals surface area contributed by atoms with Crippen LogP contribution in [-0.4, -0.2) is 11.6 Å². The molecule has 0 saturated carbocycles. The number of allylic oxidation sites excluding steroid dienone is 4. The highest BCUT2D eigenvalue weighted by Crippen LogP contribution is 2.18. The van der Waals surface area contributed by atoms with E-state index in [-0.39, 0.29) is 0 Å². The van der Waals surface area contributed by atoms with Crippen molar-refractivity contribution in [1.82, 2.24) is 10.2 Å². The summed E-state index contributed by atoms with van der Waals surface area (Å²) in [7, 11) is 0. The Kier molecular flexibility index (Phi) is 2.97. The zero-order chi connectivity index (χ0) is 8.97. The standard InChI is InChI=1S/C8H10N2.C2H6/c1-7-8-4-2-3-5-10(8)6-9-7;1-2/h2-5,9H,6H2,1H3;1-2H3. The van der Waals surface area contributed by atoms with E-state index >= 15 is 0 Å². The summed E-state index contributed by atoms with van der Waals surface area (Å²) in [6.07, 6.45) is 8.31. The van der Waals surface area contributed by atoms with Gasteiger partial charge in [-0.3, -0.25) is 0 Å². The van der Waals surface area contributed by atoms with Gasteiger partial charge < -0.3 is 10.2 Å². The molecule has 0 bridgehead atoms. The van der Waals surface area contributed by atoms with Crippen molar-refractivity contribution < 1.29 is 0 Å². The Bertz CT molecular complexity index is 236. The van der Waals surface area contributed by atoms with Gasteiger partial charge in [-0.05, 0) is 19.1 Å². The van der Waals surface area contributed by atoms with Crippen molar-refractivity contribution in [3.8, 4) is 0 Å². The first-order valence-electron chi connectivity index (χ1n) is 4.44. The van der Waals surface area contributed by atoms with Crippen LogP contribution in [-0.2, 0) is 0 Å². The Morgan fingerprint density at radius 2 is 2.08 bits per heavy atom. The topological polar surface area (TPSA) is 15.3 Å². The minimum atomic E-state index is 0.919. The number of hydrogen-bond acceptors (Lipinski definition) is 2. The van der Waals surface area contributed by atoms with Gasteiger partial charge in [0.05, 0.1) is 12.4 Å². The molecule has 0 fully saturated rings. The van der Waals surface area contributed by atoms with Crippen molar-refractivity contribution in [3.63, 3.8) is 0 Å². The second-order valence-corrected chi connectivity index (χ2v) is 2.52. The summed E-state index contributed by atoms with van der Waals surface area (Å²) in [5, 5.41) is 3.26. The molecule has 2 heteroatoms. The van der Waals surface area contributed by atoms with Crippen LogP contribution in [0.2, 0.25) is 0 Å². The number of rotatable bonds is 0. The molecular weight excluding hydrogens is 148 g/mol. The van der Waals surface area contributed by atoms with E-state index in [2.05, 4.69) is 35.5 Å². The van der Waals surface area contributed by atoms with Gasteiger partial charge in [-0.25, -0.2) is 0 Å². The molecule has 2 nitrogen and oxygen atoms in total. The molecule has 0 aromatic carbocycles. The maximum absolute atomic E-state index is 3.26. The molecule has 0 spiro atoms. The van der Waals surface area contributed by atoms with Gasteiger partial charge in [0, 0.05) is 11.9 Å². The molecule has 0 aromatic heterocycles. The fourth-order valence-electron chi connectivity index (χ4n) is 1.25. The predicted molar refractivity (Wildman–Crippen MR) is 52.2 cm³/mol. The molecular formula is C10H16N2. The number of nitrogens with one attached hydrogen (secondary N) is 1. The summed E-state index contributed by atoms with van der Waals surface area (Å²) in [5.74, 6) is 0. The van der Waals surface area contributed by atoms with Crippen molar-refractivity contribution in [2.75, 3.05) is 6.67 Å². The van der Waals surface area contributed by atoms with Crippen LogP contribution in [0.5, 0.6) is 0 Å². The Morgan fingerprint density at radius 3 is 2.75 bits per heavy atom. The number of hydrogen-bond donors (Lipinski definition) is 1. The van der Waals surface area contributed by atoms with Crippen molar-refractivity contribution in [2.24, 2.45) is 0 Å². The fourth-order valence-corrected chi connectivity index (χ4v) is 1.25. The monoisotopic (exact) mass is 164 g/mol. The first-order valence-corrected chi connectivity index (χ1v) is 4.44. The zero-order valence-corrected chi connectivity index (χ0v) is 7.96. The van der Waals surface area contributed by atoms with Gasteiger partial charge in [-0.15, -0.1) is 0 Å². The summed E-state index contributed by atoms with van der Waals surface area (Å²) >= 11 is 0. The Labute approximate surface area is 74.3 Å². The summed E-state index contributed by atoms with van der Waals surface area (Å²) < 4.78 is 0. The molecule has 12 heavy (non-hydrogen) atoms. The summed E-state index contributed by atoms with van der Waals surface area (Å²) in [5.41, 5.74) is 2.56. The highest BCUT2D eigenvalue weighted by atomic mass is 15.3. The van der Waals surface area contributed by atoms with Gasteiger partial charge in [0.1, 0.15) is 0 Å². The number of fused-ring (bicyclic) bond motifs is 1. The van der Waals surface area contributed by atoms with Gasteiger partial charge >= 0.3 is 0 Å². The molecule has 2 rings (SSSR count). The second-order valence-electron chi connectivity index (χ2n) is 2.52. The lowest BCUT2D eigenvalue weighted by atomic mass is 10.2. The molecule has 1 N–H and O–H groups in total. The van der Waals surface area contributed by atoms with Crippen molar-refractivity contribution in [1.29, 1.82) is 0 Å². The van der Waals surface area contributed by atoms with E-state index in [9.17, 15) is 0 Å². The van der Waals surface area contributed by atoms with Gasteiger partial charge in [-0.2, -0.15) is 0 Å². The largest absolute Gasteiger partial charge is 0.369 e. The maximum atomic E-state index is 3.26. The van der Waals surface area contributed by atoms with Crippen molar-refractivity contribution in [3.05, 3.63) is 35.8 Å². The summed E-state index contributed by atoms with van der Waals surface area (Å²) in [6, 6.07) is 0. The molecule has 0 aromatic rings. The third kappa shape index (κ3) is 1.52. The molecule has 0 amide bonds. The molecule has 2 heterocycles. The lowest BCUT2D eigenvalue weighted by Gasteiger charge is -2.15. The summed E-state index contributed by atoms with van der Waals surface area (Å²) in [6.45, 7) is 7.01. The Morgan fingerprint density at radius 1 is 1.33 bits per heavy atom. The highest BCUT2D eigenvalue weighted by Gasteiger charge is 2.15. The third-order valence-corrected chi connectivity index (χ3v) is 1.84. The van der Waals surface area contributed by atoms with Crippen molar-refractivity contribution in [2.45, 2.75) is 20.8 Å². The number of nitrogens with zero attached hydrogens (tertiary/aromatic N) is 1. The molecule has 2 aliphatic rings. The van der Waals surface area contributed by atoms with Crippen LogP contribution in [0, 0.1) is 0 Å². The van der Waals surface area contributed by atoms with Crippen LogP contribution >= 0.6 is 0 Å². The van der Waals surface area contributed by atoms with E-state index in [1.807, 2.05) is 19.9 Å². The second kappa shape index (κ2) is 4.00. The smallest absolute Gasteiger partial charge is 0.0918 e. The minimum Gasteiger partial charge on any atom is -0.369 e. The molecule has 0 aliphatic carbocycles. The lowest BCUT2D eigenvalue weighted by Crippen LogP contribution is -2.18. The quantitative estimate of drug-likeness (QED) is 0.590. The highest BCUT2D eigenvalue weighted by molar-refractivity contribution is 5.33. The molecule has 0 unspecified atom stereocenters. The average molecular weight is 164 g/mol. The van der Waals surface area contributed by atoms with Crippen LogP contribution in [0.15, 0.2) is 35.8 Å². The Hall–Kier alpha value is -1.18. The van der Waals surface area contributed by atoms with Crippen LogP contribution in [0.3, 0.4) is 0 Å². The predicted octanol–water partition coefficient (Wildman–Crippen LogP) is 2.19. The minimum absolute atomic E-state index is 0.919. The average Bonchev–Trinajstić information content (AvgIpc) is 2.53. The van der Waals surface area contributed by atoms with E-state index in [0.717, 1.165) is 6.67 Å². The molecule has 0 saturated heterocycles. The molecule has 2 aliphatic heterocycles. The molecule has 66 valence electrons. The van der Waals surface area contributed by atoms with E-state index < -0.39 is 0 Å². The maximum Gasteiger partial charge on any atom is 0.0918 e. The zero-order valence-electron chi connectivity index (χ0n) is 7.96. The SMILES string of the molecule is CC.CC1=C2C=CC=CN2CN1. The lowest BCUT2D eigenvalue weighted by molar-refractivity contribution is 0.497. The van der Waals surface area contributed by atoms with Crippen LogP contribution in [0.4, 0.5) is 0 Å². The van der Waals surface area contributed by atoms with Gasteiger partial charge in [0.15, 0.2) is 0 Å².